The maximum absolute atomic E-state index is 5.54. The Morgan fingerprint density at radius 2 is 2.05 bits per heavy atom. The van der Waals surface area contributed by atoms with Crippen LogP contribution in [0.4, 0.5) is 11.6 Å². The largest absolute Gasteiger partial charge is 0.356 e. The summed E-state index contributed by atoms with van der Waals surface area (Å²) >= 11 is 1.85. The number of hydrazine groups is 1. The second-order valence-electron chi connectivity index (χ2n) is 5.96. The van der Waals surface area contributed by atoms with Crippen molar-refractivity contribution in [1.82, 2.24) is 9.97 Å². The Bertz CT molecular complexity index is 430. The number of rotatable bonds is 6. The highest BCUT2D eigenvalue weighted by atomic mass is 32.2. The van der Waals surface area contributed by atoms with E-state index in [4.69, 9.17) is 10.8 Å². The molecule has 0 fully saturated rings. The van der Waals surface area contributed by atoms with Crippen LogP contribution in [0.25, 0.3) is 0 Å². The summed E-state index contributed by atoms with van der Waals surface area (Å²) in [5.41, 5.74) is 2.53. The molecule has 0 saturated carbocycles. The van der Waals surface area contributed by atoms with E-state index in [1.54, 1.807) is 0 Å². The van der Waals surface area contributed by atoms with E-state index < -0.39 is 0 Å². The second-order valence-corrected chi connectivity index (χ2v) is 6.87. The molecule has 3 N–H and O–H groups in total. The number of nitrogens with one attached hydrogen (secondary N) is 1. The Balaban J connectivity index is 3.16. The first-order chi connectivity index (χ1) is 9.33. The van der Waals surface area contributed by atoms with Gasteiger partial charge in [-0.2, -0.15) is 11.8 Å². The molecule has 5 nitrogen and oxygen atoms in total. The molecule has 0 aliphatic rings. The number of aromatic nitrogens is 2. The average Bonchev–Trinajstić information content (AvgIpc) is 2.42. The SMILES string of the molecule is CCC(CSC)N(C)c1cc(NN)nc(C(C)(C)C)n1. The van der Waals surface area contributed by atoms with Crippen LogP contribution in [-0.2, 0) is 5.41 Å². The van der Waals surface area contributed by atoms with E-state index >= 15 is 0 Å². The zero-order valence-electron chi connectivity index (χ0n) is 13.4. The number of nitrogens with zero attached hydrogens (tertiary/aromatic N) is 3. The standard InChI is InChI=1S/C14H27N5S/c1-7-10(9-20-6)19(5)12-8-11(18-15)16-13(17-12)14(2,3)4/h8,10H,7,9,15H2,1-6H3,(H,16,17,18). The predicted octanol–water partition coefficient (Wildman–Crippen LogP) is 2.64. The van der Waals surface area contributed by atoms with Gasteiger partial charge in [0.1, 0.15) is 17.5 Å². The highest BCUT2D eigenvalue weighted by Gasteiger charge is 2.21. The molecule has 20 heavy (non-hydrogen) atoms. The van der Waals surface area contributed by atoms with Crippen LogP contribution in [0.2, 0.25) is 0 Å². The molecule has 0 radical (unpaired) electrons. The third-order valence-corrected chi connectivity index (χ3v) is 3.99. The van der Waals surface area contributed by atoms with Gasteiger partial charge in [-0.25, -0.2) is 15.8 Å². The third kappa shape index (κ3) is 4.24. The molecule has 114 valence electrons. The number of hydrogen-bond acceptors (Lipinski definition) is 6. The Hall–Kier alpha value is -1.01. The van der Waals surface area contributed by atoms with Gasteiger partial charge in [-0.05, 0) is 12.7 Å². The van der Waals surface area contributed by atoms with Crippen molar-refractivity contribution >= 4 is 23.4 Å². The van der Waals surface area contributed by atoms with Crippen molar-refractivity contribution in [2.75, 3.05) is 29.4 Å². The van der Waals surface area contributed by atoms with Crippen molar-refractivity contribution in [2.24, 2.45) is 5.84 Å². The number of thioether (sulfide) groups is 1. The Kier molecular flexibility index (Phi) is 6.07. The lowest BCUT2D eigenvalue weighted by molar-refractivity contribution is 0.543. The molecule has 0 aliphatic carbocycles. The number of anilines is 2. The smallest absolute Gasteiger partial charge is 0.145 e. The maximum atomic E-state index is 5.54. The van der Waals surface area contributed by atoms with Crippen LogP contribution < -0.4 is 16.2 Å². The lowest BCUT2D eigenvalue weighted by Crippen LogP contribution is -2.34. The molecule has 1 aromatic rings. The average molecular weight is 297 g/mol. The van der Waals surface area contributed by atoms with E-state index in [9.17, 15) is 0 Å². The van der Waals surface area contributed by atoms with Gasteiger partial charge in [0.25, 0.3) is 0 Å². The van der Waals surface area contributed by atoms with E-state index in [0.717, 1.165) is 23.8 Å². The van der Waals surface area contributed by atoms with Crippen molar-refractivity contribution in [2.45, 2.75) is 45.6 Å². The molecule has 1 heterocycles. The minimum atomic E-state index is -0.107. The first-order valence-corrected chi connectivity index (χ1v) is 8.30. The Labute approximate surface area is 126 Å². The molecular formula is C14H27N5S. The second kappa shape index (κ2) is 7.13. The molecule has 1 aromatic heterocycles. The van der Waals surface area contributed by atoms with Crippen LogP contribution in [0.15, 0.2) is 6.07 Å². The van der Waals surface area contributed by atoms with Crippen LogP contribution in [-0.4, -0.2) is 35.1 Å². The molecular weight excluding hydrogens is 270 g/mol. The zero-order chi connectivity index (χ0) is 15.3. The Morgan fingerprint density at radius 3 is 2.50 bits per heavy atom. The quantitative estimate of drug-likeness (QED) is 0.621. The topological polar surface area (TPSA) is 67.1 Å². The van der Waals surface area contributed by atoms with Gasteiger partial charge in [0.2, 0.25) is 0 Å². The van der Waals surface area contributed by atoms with Crippen LogP contribution >= 0.6 is 11.8 Å². The van der Waals surface area contributed by atoms with E-state index in [1.807, 2.05) is 17.8 Å². The van der Waals surface area contributed by atoms with E-state index in [0.29, 0.717) is 11.9 Å². The van der Waals surface area contributed by atoms with Gasteiger partial charge in [-0.3, -0.25) is 0 Å². The molecule has 1 atom stereocenters. The lowest BCUT2D eigenvalue weighted by Gasteiger charge is -2.29. The van der Waals surface area contributed by atoms with Gasteiger partial charge in [-0.15, -0.1) is 0 Å². The molecule has 0 bridgehead atoms. The van der Waals surface area contributed by atoms with Crippen LogP contribution in [0.5, 0.6) is 0 Å². The normalized spacial score (nSPS) is 13.2. The van der Waals surface area contributed by atoms with E-state index in [1.165, 1.54) is 0 Å². The zero-order valence-corrected chi connectivity index (χ0v) is 14.2. The fourth-order valence-electron chi connectivity index (χ4n) is 1.91. The van der Waals surface area contributed by atoms with Crippen LogP contribution in [0.1, 0.15) is 39.9 Å². The summed E-state index contributed by atoms with van der Waals surface area (Å²) in [4.78, 5) is 11.4. The summed E-state index contributed by atoms with van der Waals surface area (Å²) in [7, 11) is 2.08. The van der Waals surface area contributed by atoms with Crippen molar-refractivity contribution in [3.05, 3.63) is 11.9 Å². The number of hydrogen-bond donors (Lipinski definition) is 2. The molecule has 0 aromatic carbocycles. The van der Waals surface area contributed by atoms with Gasteiger partial charge in [-0.1, -0.05) is 27.7 Å². The predicted molar refractivity (Wildman–Crippen MR) is 89.4 cm³/mol. The number of nitrogens with two attached hydrogens (primary N) is 1. The highest BCUT2D eigenvalue weighted by molar-refractivity contribution is 7.98. The van der Waals surface area contributed by atoms with Crippen molar-refractivity contribution in [3.63, 3.8) is 0 Å². The molecule has 1 unspecified atom stereocenters. The van der Waals surface area contributed by atoms with Crippen molar-refractivity contribution < 1.29 is 0 Å². The Morgan fingerprint density at radius 1 is 1.40 bits per heavy atom. The minimum Gasteiger partial charge on any atom is -0.356 e. The fraction of sp³-hybridized carbons (Fsp3) is 0.714. The summed E-state index contributed by atoms with van der Waals surface area (Å²) in [5.74, 6) is 8.99. The molecule has 0 aliphatic heterocycles. The number of nitrogen functional groups attached to an aromatic ring is 1. The van der Waals surface area contributed by atoms with Gasteiger partial charge in [0.15, 0.2) is 0 Å². The molecule has 0 amide bonds. The van der Waals surface area contributed by atoms with Gasteiger partial charge >= 0.3 is 0 Å². The highest BCUT2D eigenvalue weighted by Crippen LogP contribution is 2.25. The first-order valence-electron chi connectivity index (χ1n) is 6.91. The van der Waals surface area contributed by atoms with E-state index in [-0.39, 0.29) is 5.41 Å². The lowest BCUT2D eigenvalue weighted by atomic mass is 9.96. The first kappa shape index (κ1) is 17.0. The molecule has 0 spiro atoms. The van der Waals surface area contributed by atoms with Crippen LogP contribution in [0, 0.1) is 0 Å². The summed E-state index contributed by atoms with van der Waals surface area (Å²) < 4.78 is 0. The van der Waals surface area contributed by atoms with Gasteiger partial charge in [0, 0.05) is 30.3 Å². The summed E-state index contributed by atoms with van der Waals surface area (Å²) in [6, 6.07) is 2.36. The van der Waals surface area contributed by atoms with Crippen LogP contribution in [0.3, 0.4) is 0 Å². The fourth-order valence-corrected chi connectivity index (χ4v) is 2.75. The monoisotopic (exact) mass is 297 g/mol. The van der Waals surface area contributed by atoms with Gasteiger partial charge in [0.05, 0.1) is 0 Å². The molecule has 0 saturated heterocycles. The van der Waals surface area contributed by atoms with Crippen molar-refractivity contribution in [3.8, 4) is 0 Å². The minimum absolute atomic E-state index is 0.107. The maximum Gasteiger partial charge on any atom is 0.145 e. The van der Waals surface area contributed by atoms with E-state index in [2.05, 4.69) is 56.3 Å². The third-order valence-electron chi connectivity index (χ3n) is 3.27. The summed E-state index contributed by atoms with van der Waals surface area (Å²) in [6.07, 6.45) is 3.21. The van der Waals surface area contributed by atoms with Gasteiger partial charge < -0.3 is 10.3 Å². The molecule has 6 heteroatoms. The summed E-state index contributed by atoms with van der Waals surface area (Å²) in [6.45, 7) is 8.51. The molecule has 1 rings (SSSR count). The summed E-state index contributed by atoms with van der Waals surface area (Å²) in [5, 5.41) is 0. The van der Waals surface area contributed by atoms with Crippen molar-refractivity contribution in [1.29, 1.82) is 0 Å².